The average molecular weight is 240 g/mol. The van der Waals surface area contributed by atoms with E-state index < -0.39 is 0 Å². The SMILES string of the molecule is CCCc1nn(C)c(NCC(C)OCC)c1N. The standard InChI is InChI=1S/C12H24N4O/c1-5-7-10-11(13)12(16(4)15-10)14-8-9(3)17-6-2/h9,14H,5-8,13H2,1-4H3. The van der Waals surface area contributed by atoms with E-state index >= 15 is 0 Å². The van der Waals surface area contributed by atoms with Gasteiger partial charge in [0.1, 0.15) is 5.82 Å². The predicted octanol–water partition coefficient (Wildman–Crippen LogP) is 1.79. The van der Waals surface area contributed by atoms with E-state index in [-0.39, 0.29) is 6.10 Å². The summed E-state index contributed by atoms with van der Waals surface area (Å²) >= 11 is 0. The van der Waals surface area contributed by atoms with Gasteiger partial charge in [-0.2, -0.15) is 5.10 Å². The molecule has 0 saturated carbocycles. The van der Waals surface area contributed by atoms with Gasteiger partial charge in [-0.05, 0) is 20.3 Å². The molecule has 1 aromatic heterocycles. The molecule has 0 bridgehead atoms. The van der Waals surface area contributed by atoms with E-state index in [2.05, 4.69) is 17.3 Å². The number of ether oxygens (including phenoxy) is 1. The molecular weight excluding hydrogens is 216 g/mol. The Balaban J connectivity index is 2.64. The fourth-order valence-electron chi connectivity index (χ4n) is 1.81. The van der Waals surface area contributed by atoms with Crippen molar-refractivity contribution in [3.63, 3.8) is 0 Å². The van der Waals surface area contributed by atoms with Crippen molar-refractivity contribution in [1.29, 1.82) is 0 Å². The Morgan fingerprint density at radius 2 is 2.18 bits per heavy atom. The van der Waals surface area contributed by atoms with Crippen LogP contribution in [0, 0.1) is 0 Å². The molecule has 0 spiro atoms. The summed E-state index contributed by atoms with van der Waals surface area (Å²) in [4.78, 5) is 0. The quantitative estimate of drug-likeness (QED) is 0.762. The van der Waals surface area contributed by atoms with Gasteiger partial charge in [0.15, 0.2) is 0 Å². The first-order chi connectivity index (χ1) is 8.10. The topological polar surface area (TPSA) is 65.1 Å². The van der Waals surface area contributed by atoms with E-state index in [1.807, 2.05) is 20.9 Å². The lowest BCUT2D eigenvalue weighted by molar-refractivity contribution is 0.0854. The van der Waals surface area contributed by atoms with Crippen LogP contribution in [0.15, 0.2) is 0 Å². The lowest BCUT2D eigenvalue weighted by Crippen LogP contribution is -2.21. The van der Waals surface area contributed by atoms with Gasteiger partial charge in [0.2, 0.25) is 0 Å². The number of hydrogen-bond donors (Lipinski definition) is 2. The summed E-state index contributed by atoms with van der Waals surface area (Å²) in [6.45, 7) is 7.62. The molecule has 1 heterocycles. The summed E-state index contributed by atoms with van der Waals surface area (Å²) in [6, 6.07) is 0. The van der Waals surface area contributed by atoms with Gasteiger partial charge in [-0.1, -0.05) is 13.3 Å². The highest BCUT2D eigenvalue weighted by atomic mass is 16.5. The molecule has 0 saturated heterocycles. The molecule has 0 aliphatic carbocycles. The summed E-state index contributed by atoms with van der Waals surface area (Å²) in [5.74, 6) is 0.889. The van der Waals surface area contributed by atoms with Crippen LogP contribution >= 0.6 is 0 Å². The molecule has 98 valence electrons. The minimum atomic E-state index is 0.170. The molecule has 0 aliphatic rings. The molecule has 3 N–H and O–H groups in total. The number of nitrogens with zero attached hydrogens (tertiary/aromatic N) is 2. The fraction of sp³-hybridized carbons (Fsp3) is 0.750. The highest BCUT2D eigenvalue weighted by Gasteiger charge is 2.13. The fourth-order valence-corrected chi connectivity index (χ4v) is 1.81. The Labute approximate surface area is 103 Å². The third kappa shape index (κ3) is 3.63. The molecule has 17 heavy (non-hydrogen) atoms. The monoisotopic (exact) mass is 240 g/mol. The molecule has 1 aromatic rings. The van der Waals surface area contributed by atoms with E-state index in [0.717, 1.165) is 43.2 Å². The first-order valence-corrected chi connectivity index (χ1v) is 6.26. The number of anilines is 2. The molecule has 0 fully saturated rings. The van der Waals surface area contributed by atoms with Crippen LogP contribution in [0.1, 0.15) is 32.9 Å². The summed E-state index contributed by atoms with van der Waals surface area (Å²) < 4.78 is 7.27. The molecule has 0 aromatic carbocycles. The molecule has 1 rings (SSSR count). The molecule has 0 aliphatic heterocycles. The second-order valence-corrected chi connectivity index (χ2v) is 4.23. The van der Waals surface area contributed by atoms with E-state index in [0.29, 0.717) is 0 Å². The summed E-state index contributed by atoms with van der Waals surface area (Å²) in [7, 11) is 1.91. The Kier molecular flexibility index (Phi) is 5.28. The van der Waals surface area contributed by atoms with Gasteiger partial charge in [-0.3, -0.25) is 4.68 Å². The van der Waals surface area contributed by atoms with Crippen molar-refractivity contribution >= 4 is 11.5 Å². The van der Waals surface area contributed by atoms with Gasteiger partial charge in [0.25, 0.3) is 0 Å². The zero-order chi connectivity index (χ0) is 12.8. The van der Waals surface area contributed by atoms with E-state index in [4.69, 9.17) is 10.5 Å². The largest absolute Gasteiger partial charge is 0.394 e. The van der Waals surface area contributed by atoms with Gasteiger partial charge < -0.3 is 15.8 Å². The van der Waals surface area contributed by atoms with Crippen molar-refractivity contribution in [3.8, 4) is 0 Å². The highest BCUT2D eigenvalue weighted by molar-refractivity contribution is 5.65. The lowest BCUT2D eigenvalue weighted by atomic mass is 10.2. The minimum Gasteiger partial charge on any atom is -0.394 e. The molecule has 5 nitrogen and oxygen atoms in total. The van der Waals surface area contributed by atoms with Crippen LogP contribution in [-0.2, 0) is 18.2 Å². The van der Waals surface area contributed by atoms with Crippen molar-refractivity contribution in [2.45, 2.75) is 39.7 Å². The zero-order valence-corrected chi connectivity index (χ0v) is 11.3. The number of aromatic nitrogens is 2. The smallest absolute Gasteiger partial charge is 0.147 e. The number of hydrogen-bond acceptors (Lipinski definition) is 4. The van der Waals surface area contributed by atoms with Crippen LogP contribution in [0.3, 0.4) is 0 Å². The summed E-state index contributed by atoms with van der Waals surface area (Å²) in [6.07, 6.45) is 2.14. The maximum atomic E-state index is 6.06. The maximum Gasteiger partial charge on any atom is 0.147 e. The summed E-state index contributed by atoms with van der Waals surface area (Å²) in [5.41, 5.74) is 7.80. The van der Waals surface area contributed by atoms with Crippen molar-refractivity contribution < 1.29 is 4.74 Å². The second kappa shape index (κ2) is 6.49. The van der Waals surface area contributed by atoms with Gasteiger partial charge in [0.05, 0.1) is 17.5 Å². The molecule has 1 unspecified atom stereocenters. The Hall–Kier alpha value is -1.23. The molecule has 5 heteroatoms. The Morgan fingerprint density at radius 3 is 2.76 bits per heavy atom. The van der Waals surface area contributed by atoms with Crippen molar-refractivity contribution in [3.05, 3.63) is 5.69 Å². The van der Waals surface area contributed by atoms with Crippen molar-refractivity contribution in [1.82, 2.24) is 9.78 Å². The number of nitrogen functional groups attached to an aromatic ring is 1. The molecule has 0 amide bonds. The first-order valence-electron chi connectivity index (χ1n) is 6.26. The Morgan fingerprint density at radius 1 is 1.47 bits per heavy atom. The molecular formula is C12H24N4O. The van der Waals surface area contributed by atoms with Crippen LogP contribution in [-0.4, -0.2) is 29.0 Å². The third-order valence-electron chi connectivity index (χ3n) is 2.66. The number of nitrogens with one attached hydrogen (secondary N) is 1. The van der Waals surface area contributed by atoms with Crippen molar-refractivity contribution in [2.75, 3.05) is 24.2 Å². The van der Waals surface area contributed by atoms with Gasteiger partial charge in [-0.25, -0.2) is 0 Å². The van der Waals surface area contributed by atoms with E-state index in [9.17, 15) is 0 Å². The highest BCUT2D eigenvalue weighted by Crippen LogP contribution is 2.22. The third-order valence-corrected chi connectivity index (χ3v) is 2.66. The Bertz CT molecular complexity index is 349. The van der Waals surface area contributed by atoms with Crippen LogP contribution in [0.4, 0.5) is 11.5 Å². The van der Waals surface area contributed by atoms with Crippen LogP contribution in [0.2, 0.25) is 0 Å². The molecule has 0 radical (unpaired) electrons. The van der Waals surface area contributed by atoms with Crippen LogP contribution < -0.4 is 11.1 Å². The van der Waals surface area contributed by atoms with Gasteiger partial charge in [-0.15, -0.1) is 0 Å². The van der Waals surface area contributed by atoms with Crippen LogP contribution in [0.5, 0.6) is 0 Å². The average Bonchev–Trinajstić information content (AvgIpc) is 2.53. The zero-order valence-electron chi connectivity index (χ0n) is 11.3. The lowest BCUT2D eigenvalue weighted by Gasteiger charge is -2.13. The normalized spacial score (nSPS) is 12.7. The van der Waals surface area contributed by atoms with Gasteiger partial charge >= 0.3 is 0 Å². The number of rotatable bonds is 7. The minimum absolute atomic E-state index is 0.170. The van der Waals surface area contributed by atoms with E-state index in [1.165, 1.54) is 0 Å². The van der Waals surface area contributed by atoms with Gasteiger partial charge in [0, 0.05) is 20.2 Å². The maximum absolute atomic E-state index is 6.06. The van der Waals surface area contributed by atoms with Crippen LogP contribution in [0.25, 0.3) is 0 Å². The summed E-state index contributed by atoms with van der Waals surface area (Å²) in [5, 5.41) is 7.71. The second-order valence-electron chi connectivity index (χ2n) is 4.23. The predicted molar refractivity (Wildman–Crippen MR) is 71.2 cm³/mol. The first kappa shape index (κ1) is 13.8. The van der Waals surface area contributed by atoms with Crippen molar-refractivity contribution in [2.24, 2.45) is 7.05 Å². The number of aryl methyl sites for hydroxylation is 2. The number of nitrogens with two attached hydrogens (primary N) is 1. The van der Waals surface area contributed by atoms with E-state index in [1.54, 1.807) is 4.68 Å². The molecule has 1 atom stereocenters.